The zero-order chi connectivity index (χ0) is 21.7. The molecule has 0 radical (unpaired) electrons. The molecule has 2 aromatic rings. The first kappa shape index (κ1) is 22.2. The van der Waals surface area contributed by atoms with Crippen LogP contribution in [0, 0.1) is 23.4 Å². The molecule has 162 valence electrons. The molecule has 3 rings (SSSR count). The Bertz CT molecular complexity index is 874. The van der Waals surface area contributed by atoms with Crippen molar-refractivity contribution in [1.29, 1.82) is 0 Å². The van der Waals surface area contributed by atoms with Gasteiger partial charge in [-0.2, -0.15) is 4.39 Å². The average molecular weight is 420 g/mol. The lowest BCUT2D eigenvalue weighted by Gasteiger charge is -2.29. The van der Waals surface area contributed by atoms with E-state index in [4.69, 9.17) is 9.47 Å². The van der Waals surface area contributed by atoms with Crippen LogP contribution in [0.15, 0.2) is 43.0 Å². The molecule has 6 heteroatoms. The number of rotatable bonds is 8. The summed E-state index contributed by atoms with van der Waals surface area (Å²) in [6, 6.07) is 7.52. The van der Waals surface area contributed by atoms with Crippen LogP contribution in [0.2, 0.25) is 0 Å². The SMILES string of the molecule is C=CCOc1ccc(C2CCC(COc3ccc(C(C)O)c(F)c3)CC2)c(F)c1F. The number of hydrogen-bond acceptors (Lipinski definition) is 3. The Balaban J connectivity index is 1.54. The fraction of sp³-hybridized carbons (Fsp3) is 0.417. The van der Waals surface area contributed by atoms with Crippen LogP contribution in [0.1, 0.15) is 55.8 Å². The molecule has 1 atom stereocenters. The molecular formula is C24H27F3O3. The molecule has 0 saturated heterocycles. The van der Waals surface area contributed by atoms with E-state index in [9.17, 15) is 18.3 Å². The fourth-order valence-electron chi connectivity index (χ4n) is 3.91. The van der Waals surface area contributed by atoms with Crippen LogP contribution in [0.25, 0.3) is 0 Å². The fourth-order valence-corrected chi connectivity index (χ4v) is 3.91. The Labute approximate surface area is 175 Å². The topological polar surface area (TPSA) is 38.7 Å². The summed E-state index contributed by atoms with van der Waals surface area (Å²) in [6.07, 6.45) is 3.69. The van der Waals surface area contributed by atoms with Gasteiger partial charge in [-0.25, -0.2) is 8.78 Å². The highest BCUT2D eigenvalue weighted by atomic mass is 19.2. The standard InChI is InChI=1S/C24H27F3O3/c1-3-12-29-22-11-10-20(23(26)24(22)27)17-6-4-16(5-7-17)14-30-18-8-9-19(15(2)28)21(25)13-18/h3,8-11,13,15-17,28H,1,4-7,12,14H2,2H3. The van der Waals surface area contributed by atoms with Crippen LogP contribution in [0.4, 0.5) is 13.2 Å². The summed E-state index contributed by atoms with van der Waals surface area (Å²) < 4.78 is 53.6. The molecule has 1 aliphatic carbocycles. The van der Waals surface area contributed by atoms with Gasteiger partial charge in [-0.1, -0.05) is 18.7 Å². The minimum atomic E-state index is -0.956. The third-order valence-corrected chi connectivity index (χ3v) is 5.63. The van der Waals surface area contributed by atoms with Gasteiger partial charge in [-0.3, -0.25) is 0 Å². The van der Waals surface area contributed by atoms with E-state index in [2.05, 4.69) is 6.58 Å². The molecule has 1 aliphatic rings. The van der Waals surface area contributed by atoms with Gasteiger partial charge in [-0.15, -0.1) is 0 Å². The lowest BCUT2D eigenvalue weighted by atomic mass is 9.79. The number of hydrogen-bond donors (Lipinski definition) is 1. The lowest BCUT2D eigenvalue weighted by molar-refractivity contribution is 0.190. The third-order valence-electron chi connectivity index (χ3n) is 5.63. The van der Waals surface area contributed by atoms with E-state index < -0.39 is 23.6 Å². The number of aliphatic hydroxyl groups excluding tert-OH is 1. The van der Waals surface area contributed by atoms with Crippen molar-refractivity contribution in [2.75, 3.05) is 13.2 Å². The molecular weight excluding hydrogens is 393 g/mol. The van der Waals surface area contributed by atoms with Crippen molar-refractivity contribution < 1.29 is 27.8 Å². The number of halogens is 3. The van der Waals surface area contributed by atoms with Crippen molar-refractivity contribution in [1.82, 2.24) is 0 Å². The average Bonchev–Trinajstić information content (AvgIpc) is 2.73. The van der Waals surface area contributed by atoms with E-state index in [1.807, 2.05) is 0 Å². The second kappa shape index (κ2) is 10.0. The van der Waals surface area contributed by atoms with E-state index in [0.29, 0.717) is 17.9 Å². The Kier molecular flexibility index (Phi) is 7.43. The molecule has 3 nitrogen and oxygen atoms in total. The first-order valence-electron chi connectivity index (χ1n) is 10.2. The largest absolute Gasteiger partial charge is 0.493 e. The van der Waals surface area contributed by atoms with Gasteiger partial charge in [0.2, 0.25) is 5.82 Å². The van der Waals surface area contributed by atoms with Crippen LogP contribution >= 0.6 is 0 Å². The molecule has 0 aliphatic heterocycles. The summed E-state index contributed by atoms with van der Waals surface area (Å²) in [7, 11) is 0. The molecule has 30 heavy (non-hydrogen) atoms. The predicted octanol–water partition coefficient (Wildman–Crippen LogP) is 6.07. The van der Waals surface area contributed by atoms with Crippen LogP contribution < -0.4 is 9.47 Å². The first-order valence-corrected chi connectivity index (χ1v) is 10.2. The second-order valence-corrected chi connectivity index (χ2v) is 7.77. The summed E-state index contributed by atoms with van der Waals surface area (Å²) >= 11 is 0. The number of ether oxygens (including phenoxy) is 2. The minimum absolute atomic E-state index is 0.0491. The van der Waals surface area contributed by atoms with Crippen molar-refractivity contribution in [3.63, 3.8) is 0 Å². The van der Waals surface area contributed by atoms with Gasteiger partial charge < -0.3 is 14.6 Å². The van der Waals surface area contributed by atoms with Crippen LogP contribution in [-0.4, -0.2) is 18.3 Å². The Morgan fingerprint density at radius 2 is 1.80 bits per heavy atom. The molecule has 1 unspecified atom stereocenters. The lowest BCUT2D eigenvalue weighted by Crippen LogP contribution is -2.20. The molecule has 1 saturated carbocycles. The summed E-state index contributed by atoms with van der Waals surface area (Å²) in [4.78, 5) is 0. The van der Waals surface area contributed by atoms with Crippen molar-refractivity contribution >= 4 is 0 Å². The summed E-state index contributed by atoms with van der Waals surface area (Å²) in [6.45, 7) is 5.56. The summed E-state index contributed by atoms with van der Waals surface area (Å²) in [5.74, 6) is -1.76. The Morgan fingerprint density at radius 3 is 2.43 bits per heavy atom. The zero-order valence-corrected chi connectivity index (χ0v) is 17.0. The summed E-state index contributed by atoms with van der Waals surface area (Å²) in [5, 5.41) is 9.50. The van der Waals surface area contributed by atoms with E-state index in [-0.39, 0.29) is 29.8 Å². The first-order chi connectivity index (χ1) is 14.4. The Morgan fingerprint density at radius 1 is 1.07 bits per heavy atom. The van der Waals surface area contributed by atoms with Crippen LogP contribution in [0.3, 0.4) is 0 Å². The van der Waals surface area contributed by atoms with Gasteiger partial charge in [0, 0.05) is 11.6 Å². The monoisotopic (exact) mass is 420 g/mol. The maximum atomic E-state index is 14.5. The molecule has 2 aromatic carbocycles. The normalized spacial score (nSPS) is 19.9. The smallest absolute Gasteiger partial charge is 0.200 e. The van der Waals surface area contributed by atoms with Crippen molar-refractivity contribution in [3.8, 4) is 11.5 Å². The molecule has 0 heterocycles. The third kappa shape index (κ3) is 5.17. The van der Waals surface area contributed by atoms with Crippen LogP contribution in [-0.2, 0) is 0 Å². The van der Waals surface area contributed by atoms with Gasteiger partial charge in [-0.05, 0) is 68.2 Å². The summed E-state index contributed by atoms with van der Waals surface area (Å²) in [5.41, 5.74) is 0.617. The van der Waals surface area contributed by atoms with Crippen molar-refractivity contribution in [2.45, 2.75) is 44.6 Å². The molecule has 1 N–H and O–H groups in total. The number of aliphatic hydroxyl groups is 1. The second-order valence-electron chi connectivity index (χ2n) is 7.77. The maximum Gasteiger partial charge on any atom is 0.200 e. The quantitative estimate of drug-likeness (QED) is 0.527. The van der Waals surface area contributed by atoms with Gasteiger partial charge in [0.1, 0.15) is 18.2 Å². The molecule has 1 fully saturated rings. The molecule has 0 spiro atoms. The molecule has 0 amide bonds. The minimum Gasteiger partial charge on any atom is -0.493 e. The van der Waals surface area contributed by atoms with Gasteiger partial charge >= 0.3 is 0 Å². The Hall–Kier alpha value is -2.47. The van der Waals surface area contributed by atoms with Gasteiger partial charge in [0.15, 0.2) is 11.6 Å². The van der Waals surface area contributed by atoms with Gasteiger partial charge in [0.05, 0.1) is 12.7 Å². The van der Waals surface area contributed by atoms with Crippen molar-refractivity contribution in [3.05, 3.63) is 71.6 Å². The molecule has 0 bridgehead atoms. The highest BCUT2D eigenvalue weighted by molar-refractivity contribution is 5.33. The van der Waals surface area contributed by atoms with E-state index in [1.54, 1.807) is 12.1 Å². The highest BCUT2D eigenvalue weighted by Crippen LogP contribution is 2.39. The van der Waals surface area contributed by atoms with E-state index in [0.717, 1.165) is 25.7 Å². The zero-order valence-electron chi connectivity index (χ0n) is 17.0. The molecule has 0 aromatic heterocycles. The number of benzene rings is 2. The highest BCUT2D eigenvalue weighted by Gasteiger charge is 2.27. The van der Waals surface area contributed by atoms with Crippen molar-refractivity contribution in [2.24, 2.45) is 5.92 Å². The van der Waals surface area contributed by atoms with E-state index in [1.165, 1.54) is 31.2 Å². The van der Waals surface area contributed by atoms with Crippen LogP contribution in [0.5, 0.6) is 11.5 Å². The van der Waals surface area contributed by atoms with Gasteiger partial charge in [0.25, 0.3) is 0 Å². The predicted molar refractivity (Wildman–Crippen MR) is 109 cm³/mol. The van der Waals surface area contributed by atoms with E-state index >= 15 is 0 Å². The maximum absolute atomic E-state index is 14.5.